The quantitative estimate of drug-likeness (QED) is 0.828. The van der Waals surface area contributed by atoms with E-state index in [1.807, 2.05) is 18.2 Å². The lowest BCUT2D eigenvalue weighted by molar-refractivity contribution is 0.722. The summed E-state index contributed by atoms with van der Waals surface area (Å²) in [6, 6.07) is 18.9. The third-order valence-electron chi connectivity index (χ3n) is 2.80. The Morgan fingerprint density at radius 1 is 0.938 bits per heavy atom. The van der Waals surface area contributed by atoms with Crippen LogP contribution in [0.15, 0.2) is 54.6 Å². The lowest BCUT2D eigenvalue weighted by Crippen LogP contribution is -2.13. The topological polar surface area (TPSA) is 26.0 Å². The van der Waals surface area contributed by atoms with Crippen LogP contribution in [-0.4, -0.2) is 0 Å². The second-order valence-electron chi connectivity index (χ2n) is 4.21. The Hall–Kier alpha value is -1.60. The SMILES string of the molecule is Cc1ccc(C[C@@H](N)c2ccccc2)cc1. The number of benzene rings is 2. The molecule has 0 saturated heterocycles. The minimum atomic E-state index is 0.0870. The van der Waals surface area contributed by atoms with E-state index in [-0.39, 0.29) is 6.04 Å². The normalized spacial score (nSPS) is 12.4. The number of hydrogen-bond donors (Lipinski definition) is 1. The van der Waals surface area contributed by atoms with Gasteiger partial charge < -0.3 is 5.73 Å². The Balaban J connectivity index is 2.08. The summed E-state index contributed by atoms with van der Waals surface area (Å²) in [5.74, 6) is 0. The lowest BCUT2D eigenvalue weighted by atomic mass is 9.99. The molecule has 0 aromatic heterocycles. The van der Waals surface area contributed by atoms with Crippen LogP contribution in [0.1, 0.15) is 22.7 Å². The Labute approximate surface area is 96.9 Å². The standard InChI is InChI=1S/C15H17N/c1-12-7-9-13(10-8-12)11-15(16)14-5-3-2-4-6-14/h2-10,15H,11,16H2,1H3/t15-/m1/s1. The van der Waals surface area contributed by atoms with E-state index in [4.69, 9.17) is 5.73 Å². The van der Waals surface area contributed by atoms with Crippen LogP contribution in [0, 0.1) is 6.92 Å². The molecule has 0 amide bonds. The molecule has 0 aliphatic heterocycles. The number of hydrogen-bond acceptors (Lipinski definition) is 1. The maximum atomic E-state index is 6.17. The zero-order chi connectivity index (χ0) is 11.4. The molecule has 0 radical (unpaired) electrons. The molecule has 2 N–H and O–H groups in total. The molecule has 2 rings (SSSR count). The smallest absolute Gasteiger partial charge is 0.0335 e. The first kappa shape index (κ1) is 10.9. The van der Waals surface area contributed by atoms with Gasteiger partial charge in [-0.1, -0.05) is 60.2 Å². The van der Waals surface area contributed by atoms with Gasteiger partial charge in [-0.25, -0.2) is 0 Å². The van der Waals surface area contributed by atoms with Crippen LogP contribution in [0.4, 0.5) is 0 Å². The van der Waals surface area contributed by atoms with Crippen molar-refractivity contribution in [2.75, 3.05) is 0 Å². The molecule has 1 heteroatoms. The predicted molar refractivity (Wildman–Crippen MR) is 68.3 cm³/mol. The molecular formula is C15H17N. The van der Waals surface area contributed by atoms with E-state index in [1.165, 1.54) is 16.7 Å². The zero-order valence-corrected chi connectivity index (χ0v) is 9.56. The molecule has 0 spiro atoms. The molecule has 16 heavy (non-hydrogen) atoms. The van der Waals surface area contributed by atoms with Crippen molar-refractivity contribution < 1.29 is 0 Å². The zero-order valence-electron chi connectivity index (χ0n) is 9.56. The molecule has 0 aliphatic carbocycles. The van der Waals surface area contributed by atoms with Gasteiger partial charge in [-0.05, 0) is 24.5 Å². The summed E-state index contributed by atoms with van der Waals surface area (Å²) in [6.07, 6.45) is 0.893. The molecule has 0 bridgehead atoms. The highest BCUT2D eigenvalue weighted by molar-refractivity contribution is 5.25. The van der Waals surface area contributed by atoms with Crippen LogP contribution in [0.5, 0.6) is 0 Å². The molecule has 0 heterocycles. The van der Waals surface area contributed by atoms with Crippen molar-refractivity contribution in [1.82, 2.24) is 0 Å². The largest absolute Gasteiger partial charge is 0.324 e. The van der Waals surface area contributed by atoms with E-state index in [0.29, 0.717) is 0 Å². The Kier molecular flexibility index (Phi) is 3.37. The van der Waals surface area contributed by atoms with Crippen molar-refractivity contribution in [2.45, 2.75) is 19.4 Å². The van der Waals surface area contributed by atoms with Gasteiger partial charge in [-0.15, -0.1) is 0 Å². The minimum absolute atomic E-state index is 0.0870. The van der Waals surface area contributed by atoms with Crippen LogP contribution in [-0.2, 0) is 6.42 Å². The molecule has 2 aromatic carbocycles. The van der Waals surface area contributed by atoms with Crippen LogP contribution >= 0.6 is 0 Å². The van der Waals surface area contributed by atoms with Crippen molar-refractivity contribution in [2.24, 2.45) is 5.73 Å². The molecule has 1 nitrogen and oxygen atoms in total. The van der Waals surface area contributed by atoms with Crippen molar-refractivity contribution in [3.05, 3.63) is 71.3 Å². The maximum absolute atomic E-state index is 6.17. The Morgan fingerprint density at radius 2 is 1.56 bits per heavy atom. The first-order chi connectivity index (χ1) is 7.75. The molecule has 0 aliphatic rings. The van der Waals surface area contributed by atoms with Crippen molar-refractivity contribution >= 4 is 0 Å². The summed E-state index contributed by atoms with van der Waals surface area (Å²) in [4.78, 5) is 0. The monoisotopic (exact) mass is 211 g/mol. The second-order valence-corrected chi connectivity index (χ2v) is 4.21. The van der Waals surface area contributed by atoms with Gasteiger partial charge >= 0.3 is 0 Å². The summed E-state index contributed by atoms with van der Waals surface area (Å²) >= 11 is 0. The van der Waals surface area contributed by atoms with E-state index in [1.54, 1.807) is 0 Å². The van der Waals surface area contributed by atoms with Crippen LogP contribution < -0.4 is 5.73 Å². The van der Waals surface area contributed by atoms with Crippen molar-refractivity contribution in [1.29, 1.82) is 0 Å². The average molecular weight is 211 g/mol. The van der Waals surface area contributed by atoms with Gasteiger partial charge in [0.2, 0.25) is 0 Å². The van der Waals surface area contributed by atoms with E-state index in [2.05, 4.69) is 43.3 Å². The van der Waals surface area contributed by atoms with Gasteiger partial charge in [0, 0.05) is 6.04 Å². The van der Waals surface area contributed by atoms with Gasteiger partial charge in [0.05, 0.1) is 0 Å². The minimum Gasteiger partial charge on any atom is -0.324 e. The van der Waals surface area contributed by atoms with E-state index in [9.17, 15) is 0 Å². The lowest BCUT2D eigenvalue weighted by Gasteiger charge is -2.12. The third-order valence-corrected chi connectivity index (χ3v) is 2.80. The number of nitrogens with two attached hydrogens (primary N) is 1. The van der Waals surface area contributed by atoms with Gasteiger partial charge in [0.1, 0.15) is 0 Å². The summed E-state index contributed by atoms with van der Waals surface area (Å²) in [5.41, 5.74) is 9.94. The highest BCUT2D eigenvalue weighted by atomic mass is 14.6. The number of aryl methyl sites for hydroxylation is 1. The van der Waals surface area contributed by atoms with Crippen molar-refractivity contribution in [3.8, 4) is 0 Å². The molecule has 0 fully saturated rings. The third kappa shape index (κ3) is 2.71. The summed E-state index contributed by atoms with van der Waals surface area (Å²) in [5, 5.41) is 0. The van der Waals surface area contributed by atoms with E-state index >= 15 is 0 Å². The fourth-order valence-corrected chi connectivity index (χ4v) is 1.80. The highest BCUT2D eigenvalue weighted by Gasteiger charge is 2.05. The van der Waals surface area contributed by atoms with E-state index in [0.717, 1.165) is 6.42 Å². The van der Waals surface area contributed by atoms with Gasteiger partial charge in [0.15, 0.2) is 0 Å². The van der Waals surface area contributed by atoms with Crippen LogP contribution in [0.3, 0.4) is 0 Å². The summed E-state index contributed by atoms with van der Waals surface area (Å²) in [6.45, 7) is 2.10. The van der Waals surface area contributed by atoms with E-state index < -0.39 is 0 Å². The van der Waals surface area contributed by atoms with Gasteiger partial charge in [0.25, 0.3) is 0 Å². The maximum Gasteiger partial charge on any atom is 0.0335 e. The predicted octanol–water partition coefficient (Wildman–Crippen LogP) is 3.24. The van der Waals surface area contributed by atoms with Crippen LogP contribution in [0.2, 0.25) is 0 Å². The fraction of sp³-hybridized carbons (Fsp3) is 0.200. The molecule has 2 aromatic rings. The Bertz CT molecular complexity index is 431. The first-order valence-corrected chi connectivity index (χ1v) is 5.62. The average Bonchev–Trinajstić information content (AvgIpc) is 2.33. The van der Waals surface area contributed by atoms with Gasteiger partial charge in [-0.2, -0.15) is 0 Å². The summed E-state index contributed by atoms with van der Waals surface area (Å²) < 4.78 is 0. The Morgan fingerprint density at radius 3 is 2.19 bits per heavy atom. The highest BCUT2D eigenvalue weighted by Crippen LogP contribution is 2.15. The molecule has 0 unspecified atom stereocenters. The van der Waals surface area contributed by atoms with Crippen molar-refractivity contribution in [3.63, 3.8) is 0 Å². The first-order valence-electron chi connectivity index (χ1n) is 5.62. The summed E-state index contributed by atoms with van der Waals surface area (Å²) in [7, 11) is 0. The fourth-order valence-electron chi connectivity index (χ4n) is 1.80. The van der Waals surface area contributed by atoms with Crippen LogP contribution in [0.25, 0.3) is 0 Å². The molecule has 82 valence electrons. The van der Waals surface area contributed by atoms with Gasteiger partial charge in [-0.3, -0.25) is 0 Å². The number of rotatable bonds is 3. The molecule has 0 saturated carbocycles. The second kappa shape index (κ2) is 4.95. The molecular weight excluding hydrogens is 194 g/mol. The molecule has 1 atom stereocenters.